The van der Waals surface area contributed by atoms with Gasteiger partial charge in [0.2, 0.25) is 10.0 Å². The summed E-state index contributed by atoms with van der Waals surface area (Å²) in [6, 6.07) is 3.72. The molecule has 0 amide bonds. The number of sulfonamides is 1. The molecule has 2 N–H and O–H groups in total. The molecule has 0 aliphatic carbocycles. The number of hydrogen-bond acceptors (Lipinski definition) is 6. The largest absolute Gasteiger partial charge is 0.389 e. The van der Waals surface area contributed by atoms with Crippen molar-refractivity contribution in [2.45, 2.75) is 38.2 Å². The molecule has 1 aromatic carbocycles. The highest BCUT2D eigenvalue weighted by Gasteiger charge is 2.26. The number of rotatable bonds is 8. The summed E-state index contributed by atoms with van der Waals surface area (Å²) in [6.45, 7) is 7.19. The van der Waals surface area contributed by atoms with E-state index in [4.69, 9.17) is 0 Å². The summed E-state index contributed by atoms with van der Waals surface area (Å²) < 4.78 is 26.1. The van der Waals surface area contributed by atoms with Gasteiger partial charge in [-0.3, -0.25) is 10.1 Å². The van der Waals surface area contributed by atoms with Gasteiger partial charge in [0.1, 0.15) is 5.69 Å². The van der Waals surface area contributed by atoms with E-state index in [0.29, 0.717) is 0 Å². The second-order valence-corrected chi connectivity index (χ2v) is 7.63. The van der Waals surface area contributed by atoms with Gasteiger partial charge in [-0.1, -0.05) is 13.8 Å². The van der Waals surface area contributed by atoms with Crippen LogP contribution in [0.1, 0.15) is 27.7 Å². The Morgan fingerprint density at radius 3 is 2.30 bits per heavy atom. The maximum atomic E-state index is 12.4. The number of benzene rings is 1. The molecule has 0 saturated heterocycles. The Kier molecular flexibility index (Phi) is 6.09. The predicted octanol–water partition coefficient (Wildman–Crippen LogP) is 1.81. The third kappa shape index (κ3) is 4.88. The highest BCUT2D eigenvalue weighted by molar-refractivity contribution is 7.89. The van der Waals surface area contributed by atoms with Crippen molar-refractivity contribution in [1.29, 1.82) is 0 Å². The lowest BCUT2D eigenvalue weighted by Crippen LogP contribution is -2.31. The molecular formula is C14H23N3O5S. The maximum Gasteiger partial charge on any atom is 0.293 e. The van der Waals surface area contributed by atoms with Crippen LogP contribution in [0.2, 0.25) is 0 Å². The minimum absolute atomic E-state index is 0.0932. The van der Waals surface area contributed by atoms with E-state index in [0.717, 1.165) is 6.07 Å². The third-order valence-corrected chi connectivity index (χ3v) is 5.27. The Bertz CT molecular complexity index is 663. The van der Waals surface area contributed by atoms with Gasteiger partial charge in [-0.2, -0.15) is 4.31 Å². The van der Waals surface area contributed by atoms with Gasteiger partial charge in [0, 0.05) is 25.7 Å². The molecule has 0 atom stereocenters. The van der Waals surface area contributed by atoms with Crippen LogP contribution < -0.4 is 5.32 Å². The number of anilines is 1. The van der Waals surface area contributed by atoms with Crippen molar-refractivity contribution in [2.75, 3.05) is 25.0 Å². The van der Waals surface area contributed by atoms with Gasteiger partial charge in [-0.25, -0.2) is 8.42 Å². The first-order valence-corrected chi connectivity index (χ1v) is 8.71. The van der Waals surface area contributed by atoms with Crippen LogP contribution in [0.15, 0.2) is 23.1 Å². The minimum Gasteiger partial charge on any atom is -0.389 e. The first kappa shape index (κ1) is 19.3. The Balaban J connectivity index is 3.26. The van der Waals surface area contributed by atoms with Gasteiger partial charge in [0.05, 0.1) is 15.4 Å². The van der Waals surface area contributed by atoms with E-state index in [1.165, 1.54) is 16.4 Å². The molecule has 1 rings (SSSR count). The van der Waals surface area contributed by atoms with Crippen LogP contribution in [0.3, 0.4) is 0 Å². The van der Waals surface area contributed by atoms with Gasteiger partial charge in [0.25, 0.3) is 5.69 Å². The van der Waals surface area contributed by atoms with Crippen LogP contribution in [-0.2, 0) is 10.0 Å². The summed E-state index contributed by atoms with van der Waals surface area (Å²) in [5.74, 6) is 0. The second kappa shape index (κ2) is 7.24. The molecule has 0 fully saturated rings. The van der Waals surface area contributed by atoms with Crippen molar-refractivity contribution in [2.24, 2.45) is 0 Å². The monoisotopic (exact) mass is 345 g/mol. The van der Waals surface area contributed by atoms with Gasteiger partial charge in [-0.15, -0.1) is 0 Å². The molecule has 1 aromatic rings. The molecule has 0 aromatic heterocycles. The average Bonchev–Trinajstić information content (AvgIpc) is 2.45. The molecule has 0 unspecified atom stereocenters. The average molecular weight is 345 g/mol. The second-order valence-electron chi connectivity index (χ2n) is 5.69. The van der Waals surface area contributed by atoms with E-state index in [1.54, 1.807) is 27.7 Å². The van der Waals surface area contributed by atoms with Crippen LogP contribution in [0, 0.1) is 10.1 Å². The molecule has 0 saturated carbocycles. The first-order valence-electron chi connectivity index (χ1n) is 7.27. The van der Waals surface area contributed by atoms with Crippen molar-refractivity contribution >= 4 is 21.4 Å². The summed E-state index contributed by atoms with van der Waals surface area (Å²) in [5.41, 5.74) is -1.24. The fourth-order valence-electron chi connectivity index (χ4n) is 2.00. The van der Waals surface area contributed by atoms with Crippen LogP contribution in [0.4, 0.5) is 11.4 Å². The van der Waals surface area contributed by atoms with E-state index in [-0.39, 0.29) is 35.9 Å². The zero-order chi connectivity index (χ0) is 17.8. The predicted molar refractivity (Wildman–Crippen MR) is 88.0 cm³/mol. The molecule has 0 heterocycles. The summed E-state index contributed by atoms with van der Waals surface area (Å²) in [4.78, 5) is 10.5. The van der Waals surface area contributed by atoms with Crippen molar-refractivity contribution in [3.8, 4) is 0 Å². The number of nitrogens with one attached hydrogen (secondary N) is 1. The van der Waals surface area contributed by atoms with Crippen molar-refractivity contribution in [3.05, 3.63) is 28.3 Å². The number of aliphatic hydroxyl groups is 1. The fourth-order valence-corrected chi connectivity index (χ4v) is 3.48. The summed E-state index contributed by atoms with van der Waals surface area (Å²) in [5, 5.41) is 23.7. The topological polar surface area (TPSA) is 113 Å². The zero-order valence-corrected chi connectivity index (χ0v) is 14.6. The van der Waals surface area contributed by atoms with Crippen LogP contribution >= 0.6 is 0 Å². The van der Waals surface area contributed by atoms with E-state index in [1.807, 2.05) is 0 Å². The minimum atomic E-state index is -3.77. The lowest BCUT2D eigenvalue weighted by Gasteiger charge is -2.20. The molecule has 8 nitrogen and oxygen atoms in total. The number of nitrogens with zero attached hydrogens (tertiary/aromatic N) is 2. The quantitative estimate of drug-likeness (QED) is 0.549. The van der Waals surface area contributed by atoms with E-state index >= 15 is 0 Å². The number of nitro groups is 1. The molecule has 0 radical (unpaired) electrons. The Morgan fingerprint density at radius 2 is 1.87 bits per heavy atom. The number of nitro benzene ring substituents is 1. The summed E-state index contributed by atoms with van der Waals surface area (Å²) in [7, 11) is -3.77. The normalized spacial score (nSPS) is 12.4. The Hall–Kier alpha value is -1.71. The van der Waals surface area contributed by atoms with E-state index < -0.39 is 20.5 Å². The molecule has 0 aliphatic rings. The molecule has 0 bridgehead atoms. The standard InChI is InChI=1S/C14H23N3O5S/c1-5-16(6-2)23(21,22)11-7-8-12(13(9-11)17(19)20)15-10-14(3,4)18/h7-9,15,18H,5-6,10H2,1-4H3. The van der Waals surface area contributed by atoms with E-state index in [9.17, 15) is 23.6 Å². The van der Waals surface area contributed by atoms with Gasteiger partial charge in [-0.05, 0) is 26.0 Å². The lowest BCUT2D eigenvalue weighted by molar-refractivity contribution is -0.384. The third-order valence-electron chi connectivity index (χ3n) is 3.22. The van der Waals surface area contributed by atoms with Crippen LogP contribution in [0.25, 0.3) is 0 Å². The lowest BCUT2D eigenvalue weighted by atomic mass is 10.1. The van der Waals surface area contributed by atoms with Crippen LogP contribution in [0.5, 0.6) is 0 Å². The highest BCUT2D eigenvalue weighted by Crippen LogP contribution is 2.29. The van der Waals surface area contributed by atoms with Crippen molar-refractivity contribution in [1.82, 2.24) is 4.31 Å². The van der Waals surface area contributed by atoms with Crippen molar-refractivity contribution < 1.29 is 18.4 Å². The summed E-state index contributed by atoms with van der Waals surface area (Å²) >= 11 is 0. The maximum absolute atomic E-state index is 12.4. The number of hydrogen-bond donors (Lipinski definition) is 2. The Morgan fingerprint density at radius 1 is 1.30 bits per heavy atom. The molecule has 0 aliphatic heterocycles. The zero-order valence-electron chi connectivity index (χ0n) is 13.7. The first-order chi connectivity index (χ1) is 10.5. The molecule has 9 heteroatoms. The molecular weight excluding hydrogens is 322 g/mol. The SMILES string of the molecule is CCN(CC)S(=O)(=O)c1ccc(NCC(C)(C)O)c([N+](=O)[O-])c1. The smallest absolute Gasteiger partial charge is 0.293 e. The van der Waals surface area contributed by atoms with Gasteiger partial charge < -0.3 is 10.4 Å². The van der Waals surface area contributed by atoms with Gasteiger partial charge in [0.15, 0.2) is 0 Å². The fraction of sp³-hybridized carbons (Fsp3) is 0.571. The molecule has 0 spiro atoms. The molecule has 130 valence electrons. The Labute approximate surface area is 136 Å². The molecule has 23 heavy (non-hydrogen) atoms. The van der Waals surface area contributed by atoms with Crippen molar-refractivity contribution in [3.63, 3.8) is 0 Å². The summed E-state index contributed by atoms with van der Waals surface area (Å²) in [6.07, 6.45) is 0. The van der Waals surface area contributed by atoms with Gasteiger partial charge >= 0.3 is 0 Å². The van der Waals surface area contributed by atoms with E-state index in [2.05, 4.69) is 5.32 Å². The highest BCUT2D eigenvalue weighted by atomic mass is 32.2. The van der Waals surface area contributed by atoms with Crippen LogP contribution in [-0.4, -0.2) is 48.0 Å².